The van der Waals surface area contributed by atoms with Crippen LogP contribution < -0.4 is 10.0 Å². The van der Waals surface area contributed by atoms with Crippen LogP contribution in [0.4, 0.5) is 4.39 Å². The third-order valence-electron chi connectivity index (χ3n) is 4.96. The summed E-state index contributed by atoms with van der Waals surface area (Å²) in [5.41, 5.74) is 0.144. The number of amides is 1. The fraction of sp³-hybridized carbons (Fsp3) is 0.381. The lowest BCUT2D eigenvalue weighted by Crippen LogP contribution is -2.37. The van der Waals surface area contributed by atoms with Crippen molar-refractivity contribution in [1.29, 1.82) is 0 Å². The number of sulfonamides is 1. The minimum Gasteiger partial charge on any atom is -0.351 e. The van der Waals surface area contributed by atoms with Gasteiger partial charge in [0.25, 0.3) is 5.91 Å². The van der Waals surface area contributed by atoms with E-state index in [4.69, 9.17) is 0 Å². The van der Waals surface area contributed by atoms with E-state index in [2.05, 4.69) is 10.0 Å². The number of benzene rings is 2. The van der Waals surface area contributed by atoms with Gasteiger partial charge >= 0.3 is 0 Å². The number of carbonyl (C=O) groups is 1. The van der Waals surface area contributed by atoms with Crippen LogP contribution in [-0.4, -0.2) is 27.4 Å². The molecule has 28 heavy (non-hydrogen) atoms. The van der Waals surface area contributed by atoms with Crippen LogP contribution in [0, 0.1) is 11.7 Å². The second-order valence-corrected chi connectivity index (χ2v) is 9.64. The molecule has 0 bridgehead atoms. The van der Waals surface area contributed by atoms with Crippen molar-refractivity contribution in [2.45, 2.75) is 37.0 Å². The van der Waals surface area contributed by atoms with Crippen LogP contribution in [-0.2, 0) is 15.4 Å². The Morgan fingerprint density at radius 1 is 1.14 bits per heavy atom. The lowest BCUT2D eigenvalue weighted by atomic mass is 9.84. The van der Waals surface area contributed by atoms with E-state index < -0.39 is 21.3 Å². The molecule has 0 spiro atoms. The summed E-state index contributed by atoms with van der Waals surface area (Å²) in [6.45, 7) is 4.32. The number of hydrogen-bond acceptors (Lipinski definition) is 3. The highest BCUT2D eigenvalue weighted by atomic mass is 32.2. The number of halogens is 1. The largest absolute Gasteiger partial charge is 0.351 e. The van der Waals surface area contributed by atoms with Crippen molar-refractivity contribution in [3.63, 3.8) is 0 Å². The van der Waals surface area contributed by atoms with Gasteiger partial charge in [-0.25, -0.2) is 17.5 Å². The summed E-state index contributed by atoms with van der Waals surface area (Å²) in [4.78, 5) is 12.6. The molecule has 2 N–H and O–H groups in total. The molecule has 0 aromatic heterocycles. The smallest absolute Gasteiger partial charge is 0.251 e. The zero-order valence-electron chi connectivity index (χ0n) is 16.0. The molecule has 0 aliphatic heterocycles. The Kier molecular flexibility index (Phi) is 5.86. The van der Waals surface area contributed by atoms with Crippen molar-refractivity contribution < 1.29 is 17.6 Å². The topological polar surface area (TPSA) is 75.3 Å². The van der Waals surface area contributed by atoms with Gasteiger partial charge in [-0.3, -0.25) is 4.79 Å². The van der Waals surface area contributed by atoms with Gasteiger partial charge in [0.15, 0.2) is 0 Å². The Labute approximate surface area is 165 Å². The third-order valence-corrected chi connectivity index (χ3v) is 6.38. The van der Waals surface area contributed by atoms with Gasteiger partial charge in [-0.05, 0) is 48.6 Å². The highest BCUT2D eigenvalue weighted by Gasteiger charge is 2.26. The van der Waals surface area contributed by atoms with Gasteiger partial charge < -0.3 is 5.32 Å². The quantitative estimate of drug-likeness (QED) is 0.709. The minimum absolute atomic E-state index is 0.0640. The third kappa shape index (κ3) is 4.97. The van der Waals surface area contributed by atoms with Crippen LogP contribution >= 0.6 is 0 Å². The van der Waals surface area contributed by atoms with Crippen molar-refractivity contribution in [3.05, 3.63) is 65.5 Å². The molecule has 5 nitrogen and oxygen atoms in total. The molecule has 0 atom stereocenters. The summed E-state index contributed by atoms with van der Waals surface area (Å²) in [7, 11) is -3.64. The van der Waals surface area contributed by atoms with E-state index in [1.165, 1.54) is 18.2 Å². The summed E-state index contributed by atoms with van der Waals surface area (Å²) in [6, 6.07) is 12.4. The van der Waals surface area contributed by atoms with E-state index >= 15 is 0 Å². The summed E-state index contributed by atoms with van der Waals surface area (Å²) < 4.78 is 41.4. The SMILES string of the molecule is CC(C)(CNC(=O)c1cccc(S(=O)(=O)NCC2CC2)c1)c1ccccc1F. The van der Waals surface area contributed by atoms with Gasteiger partial charge in [-0.1, -0.05) is 38.1 Å². The summed E-state index contributed by atoms with van der Waals surface area (Å²) in [6.07, 6.45) is 2.09. The Hall–Kier alpha value is -2.25. The molecule has 1 saturated carbocycles. The molecular weight excluding hydrogens is 379 g/mol. The van der Waals surface area contributed by atoms with Crippen LogP contribution in [0.25, 0.3) is 0 Å². The molecule has 0 unspecified atom stereocenters. The second kappa shape index (κ2) is 8.01. The number of carbonyl (C=O) groups excluding carboxylic acids is 1. The summed E-state index contributed by atoms with van der Waals surface area (Å²) in [5.74, 6) is -0.304. The van der Waals surface area contributed by atoms with E-state index in [9.17, 15) is 17.6 Å². The molecule has 3 rings (SSSR count). The average Bonchev–Trinajstić information content (AvgIpc) is 3.49. The van der Waals surface area contributed by atoms with Crippen molar-refractivity contribution in [2.75, 3.05) is 13.1 Å². The van der Waals surface area contributed by atoms with Crippen LogP contribution in [0.5, 0.6) is 0 Å². The van der Waals surface area contributed by atoms with Gasteiger partial charge in [0.05, 0.1) is 4.90 Å². The minimum atomic E-state index is -3.64. The Morgan fingerprint density at radius 3 is 2.54 bits per heavy atom. The zero-order chi connectivity index (χ0) is 20.4. The lowest BCUT2D eigenvalue weighted by Gasteiger charge is -2.26. The highest BCUT2D eigenvalue weighted by Crippen LogP contribution is 2.28. The van der Waals surface area contributed by atoms with Crippen molar-refractivity contribution >= 4 is 15.9 Å². The maximum absolute atomic E-state index is 14.1. The first-order chi connectivity index (χ1) is 13.2. The van der Waals surface area contributed by atoms with E-state index in [0.29, 0.717) is 18.0 Å². The van der Waals surface area contributed by atoms with Crippen LogP contribution in [0.2, 0.25) is 0 Å². The molecular formula is C21H25FN2O3S. The first-order valence-electron chi connectivity index (χ1n) is 9.32. The Morgan fingerprint density at radius 2 is 1.86 bits per heavy atom. The maximum Gasteiger partial charge on any atom is 0.251 e. The molecule has 150 valence electrons. The maximum atomic E-state index is 14.1. The first kappa shape index (κ1) is 20.5. The predicted molar refractivity (Wildman–Crippen MR) is 106 cm³/mol. The lowest BCUT2D eigenvalue weighted by molar-refractivity contribution is 0.0945. The molecule has 1 fully saturated rings. The first-order valence-corrected chi connectivity index (χ1v) is 10.8. The van der Waals surface area contributed by atoms with E-state index in [0.717, 1.165) is 12.8 Å². The van der Waals surface area contributed by atoms with Crippen LogP contribution in [0.15, 0.2) is 53.4 Å². The zero-order valence-corrected chi connectivity index (χ0v) is 16.9. The molecule has 1 aliphatic carbocycles. The van der Waals surface area contributed by atoms with Crippen LogP contribution in [0.1, 0.15) is 42.6 Å². The second-order valence-electron chi connectivity index (χ2n) is 7.87. The molecule has 1 amide bonds. The van der Waals surface area contributed by atoms with Gasteiger partial charge in [0.2, 0.25) is 10.0 Å². The molecule has 1 aliphatic rings. The number of rotatable bonds is 8. The molecule has 0 saturated heterocycles. The highest BCUT2D eigenvalue weighted by molar-refractivity contribution is 7.89. The van der Waals surface area contributed by atoms with Crippen LogP contribution in [0.3, 0.4) is 0 Å². The van der Waals surface area contributed by atoms with Gasteiger partial charge in [0.1, 0.15) is 5.82 Å². The average molecular weight is 405 g/mol. The predicted octanol–water partition coefficient (Wildman–Crippen LogP) is 3.22. The van der Waals surface area contributed by atoms with Gasteiger partial charge in [0, 0.05) is 24.1 Å². The van der Waals surface area contributed by atoms with E-state index in [1.54, 1.807) is 30.3 Å². The molecule has 0 heterocycles. The summed E-state index contributed by atoms with van der Waals surface area (Å²) >= 11 is 0. The van der Waals surface area contributed by atoms with E-state index in [-0.39, 0.29) is 22.8 Å². The summed E-state index contributed by atoms with van der Waals surface area (Å²) in [5, 5.41) is 2.78. The van der Waals surface area contributed by atoms with E-state index in [1.807, 2.05) is 13.8 Å². The van der Waals surface area contributed by atoms with Gasteiger partial charge in [-0.15, -0.1) is 0 Å². The molecule has 7 heteroatoms. The Bertz CT molecular complexity index is 969. The van der Waals surface area contributed by atoms with Gasteiger partial charge in [-0.2, -0.15) is 0 Å². The fourth-order valence-corrected chi connectivity index (χ4v) is 4.11. The van der Waals surface area contributed by atoms with Crippen molar-refractivity contribution in [1.82, 2.24) is 10.0 Å². The number of hydrogen-bond donors (Lipinski definition) is 2. The number of nitrogens with one attached hydrogen (secondary N) is 2. The molecule has 0 radical (unpaired) electrons. The Balaban J connectivity index is 1.68. The molecule has 2 aromatic carbocycles. The fourth-order valence-electron chi connectivity index (χ4n) is 2.95. The normalized spacial score (nSPS) is 14.7. The molecule has 2 aromatic rings. The monoisotopic (exact) mass is 404 g/mol. The van der Waals surface area contributed by atoms with Crippen molar-refractivity contribution in [3.8, 4) is 0 Å². The van der Waals surface area contributed by atoms with Crippen molar-refractivity contribution in [2.24, 2.45) is 5.92 Å². The standard InChI is InChI=1S/C21H25FN2O3S/c1-21(2,18-8-3-4-9-19(18)22)14-23-20(25)16-6-5-7-17(12-16)28(26,27)24-13-15-10-11-15/h3-9,12,15,24H,10-11,13-14H2,1-2H3,(H,23,25).